The van der Waals surface area contributed by atoms with Crippen LogP contribution >= 0.6 is 0 Å². The van der Waals surface area contributed by atoms with Gasteiger partial charge in [-0.05, 0) is 60.1 Å². The van der Waals surface area contributed by atoms with E-state index < -0.39 is 0 Å². The molecule has 1 aromatic carbocycles. The van der Waals surface area contributed by atoms with E-state index in [1.165, 1.54) is 0 Å². The van der Waals surface area contributed by atoms with E-state index in [0.717, 1.165) is 45.2 Å². The molecule has 4 rings (SSSR count). The van der Waals surface area contributed by atoms with Crippen LogP contribution in [0.2, 0.25) is 0 Å². The summed E-state index contributed by atoms with van der Waals surface area (Å²) < 4.78 is 15.1. The molecule has 0 unspecified atom stereocenters. The molecule has 9 nitrogen and oxygen atoms in total. The van der Waals surface area contributed by atoms with E-state index in [9.17, 15) is 4.79 Å². The molecule has 0 aliphatic rings. The van der Waals surface area contributed by atoms with E-state index in [2.05, 4.69) is 26.7 Å². The van der Waals surface area contributed by atoms with Gasteiger partial charge in [-0.25, -0.2) is 0 Å². The third-order valence-electron chi connectivity index (χ3n) is 6.49. The molecule has 0 fully saturated rings. The van der Waals surface area contributed by atoms with Crippen LogP contribution in [0.15, 0.2) is 22.7 Å². The summed E-state index contributed by atoms with van der Waals surface area (Å²) in [6.45, 7) is 14.4. The Kier molecular flexibility index (Phi) is 6.51. The molecule has 184 valence electrons. The molecule has 0 aliphatic heterocycles. The maximum Gasteiger partial charge on any atom is 0.278 e. The van der Waals surface area contributed by atoms with Gasteiger partial charge in [0.25, 0.3) is 5.91 Å². The summed E-state index contributed by atoms with van der Waals surface area (Å²) in [5.74, 6) is 0.948. The van der Waals surface area contributed by atoms with Crippen molar-refractivity contribution in [3.8, 4) is 5.75 Å². The summed E-state index contributed by atoms with van der Waals surface area (Å²) >= 11 is 0. The molecule has 1 amide bonds. The van der Waals surface area contributed by atoms with Gasteiger partial charge in [0.05, 0.1) is 34.9 Å². The van der Waals surface area contributed by atoms with Crippen molar-refractivity contribution in [3.05, 3.63) is 74.7 Å². The highest BCUT2D eigenvalue weighted by Gasteiger charge is 2.24. The van der Waals surface area contributed by atoms with Crippen molar-refractivity contribution in [2.24, 2.45) is 7.05 Å². The number of hydrogen-bond donors (Lipinski definition) is 1. The van der Waals surface area contributed by atoms with E-state index in [1.807, 2.05) is 70.1 Å². The number of rotatable bonds is 7. The standard InChI is InChI=1S/C26H32N6O3/c1-14-9-10-23(15(2)11-14)34-13-22-20(7)35-30-25(22)26(33)27-24-17(4)29-32(19(24)6)12-21-16(3)28-31(8)18(21)5/h9-11H,12-13H2,1-8H3,(H,27,33). The fourth-order valence-corrected chi connectivity index (χ4v) is 4.25. The lowest BCUT2D eigenvalue weighted by Gasteiger charge is -2.10. The van der Waals surface area contributed by atoms with Gasteiger partial charge in [0.1, 0.15) is 18.1 Å². The molecule has 4 aromatic rings. The summed E-state index contributed by atoms with van der Waals surface area (Å²) in [5, 5.41) is 16.2. The molecule has 3 heterocycles. The van der Waals surface area contributed by atoms with Crippen LogP contribution in [0.4, 0.5) is 5.69 Å². The third kappa shape index (κ3) is 4.71. The van der Waals surface area contributed by atoms with Crippen molar-refractivity contribution < 1.29 is 14.1 Å². The topological polar surface area (TPSA) is 100 Å². The minimum Gasteiger partial charge on any atom is -0.488 e. The number of ether oxygens (including phenoxy) is 1. The first-order valence-corrected chi connectivity index (χ1v) is 11.6. The van der Waals surface area contributed by atoms with Gasteiger partial charge in [0.2, 0.25) is 0 Å². The first-order chi connectivity index (χ1) is 16.6. The van der Waals surface area contributed by atoms with Crippen LogP contribution < -0.4 is 10.1 Å². The molecule has 0 saturated carbocycles. The van der Waals surface area contributed by atoms with Crippen LogP contribution in [0.25, 0.3) is 0 Å². The lowest BCUT2D eigenvalue weighted by molar-refractivity contribution is 0.101. The molecule has 0 radical (unpaired) electrons. The van der Waals surface area contributed by atoms with Gasteiger partial charge < -0.3 is 14.6 Å². The van der Waals surface area contributed by atoms with Gasteiger partial charge in [-0.15, -0.1) is 0 Å². The molecule has 0 bridgehead atoms. The Hall–Kier alpha value is -3.88. The second kappa shape index (κ2) is 9.40. The van der Waals surface area contributed by atoms with Crippen LogP contribution in [0, 0.1) is 48.5 Å². The molecule has 9 heteroatoms. The SMILES string of the molecule is Cc1ccc(OCc2c(C(=O)Nc3c(C)nn(Cc4c(C)nn(C)c4C)c3C)noc2C)c(C)c1. The molecule has 0 saturated heterocycles. The van der Waals surface area contributed by atoms with E-state index in [4.69, 9.17) is 9.26 Å². The Labute approximate surface area is 205 Å². The Balaban J connectivity index is 1.54. The number of nitrogens with zero attached hydrogens (tertiary/aromatic N) is 5. The van der Waals surface area contributed by atoms with Gasteiger partial charge in [-0.2, -0.15) is 10.2 Å². The average molecular weight is 477 g/mol. The van der Waals surface area contributed by atoms with Crippen molar-refractivity contribution in [1.82, 2.24) is 24.7 Å². The van der Waals surface area contributed by atoms with Crippen LogP contribution in [-0.4, -0.2) is 30.6 Å². The fourth-order valence-electron chi connectivity index (χ4n) is 4.25. The first-order valence-electron chi connectivity index (χ1n) is 11.6. The predicted molar refractivity (Wildman–Crippen MR) is 133 cm³/mol. The van der Waals surface area contributed by atoms with Crippen molar-refractivity contribution in [3.63, 3.8) is 0 Å². The van der Waals surface area contributed by atoms with Gasteiger partial charge in [0.15, 0.2) is 5.69 Å². The predicted octanol–water partition coefficient (Wildman–Crippen LogP) is 4.64. The van der Waals surface area contributed by atoms with Crippen LogP contribution in [-0.2, 0) is 20.2 Å². The highest BCUT2D eigenvalue weighted by Crippen LogP contribution is 2.25. The summed E-state index contributed by atoms with van der Waals surface area (Å²) in [6, 6.07) is 5.98. The summed E-state index contributed by atoms with van der Waals surface area (Å²) in [7, 11) is 1.93. The van der Waals surface area contributed by atoms with Gasteiger partial charge >= 0.3 is 0 Å². The van der Waals surface area contributed by atoms with Crippen molar-refractivity contribution in [2.75, 3.05) is 5.32 Å². The summed E-state index contributed by atoms with van der Waals surface area (Å²) in [5.41, 5.74) is 8.44. The molecule has 0 aliphatic carbocycles. The number of hydrogen-bond acceptors (Lipinski definition) is 6. The maximum atomic E-state index is 13.2. The van der Waals surface area contributed by atoms with Crippen LogP contribution in [0.1, 0.15) is 61.3 Å². The molecular weight excluding hydrogens is 444 g/mol. The molecular formula is C26H32N6O3. The molecule has 0 spiro atoms. The molecule has 3 aromatic heterocycles. The largest absolute Gasteiger partial charge is 0.488 e. The minimum atomic E-state index is -0.361. The number of anilines is 1. The number of amides is 1. The van der Waals surface area contributed by atoms with Crippen molar-refractivity contribution in [2.45, 2.75) is 61.6 Å². The normalized spacial score (nSPS) is 11.2. The Bertz CT molecular complexity index is 1410. The molecule has 35 heavy (non-hydrogen) atoms. The smallest absolute Gasteiger partial charge is 0.278 e. The van der Waals surface area contributed by atoms with Gasteiger partial charge in [-0.3, -0.25) is 14.2 Å². The Morgan fingerprint density at radius 3 is 2.40 bits per heavy atom. The second-order valence-electron chi connectivity index (χ2n) is 9.05. The number of nitrogens with one attached hydrogen (secondary N) is 1. The zero-order chi connectivity index (χ0) is 25.4. The van der Waals surface area contributed by atoms with E-state index in [1.54, 1.807) is 6.92 Å². The first kappa shape index (κ1) is 24.3. The van der Waals surface area contributed by atoms with E-state index in [0.29, 0.717) is 23.6 Å². The van der Waals surface area contributed by atoms with Gasteiger partial charge in [0, 0.05) is 18.3 Å². The Morgan fingerprint density at radius 2 is 1.74 bits per heavy atom. The highest BCUT2D eigenvalue weighted by atomic mass is 16.5. The van der Waals surface area contributed by atoms with Crippen molar-refractivity contribution in [1.29, 1.82) is 0 Å². The fraction of sp³-hybridized carbons (Fsp3) is 0.385. The van der Waals surface area contributed by atoms with Crippen molar-refractivity contribution >= 4 is 11.6 Å². The van der Waals surface area contributed by atoms with Gasteiger partial charge in [-0.1, -0.05) is 22.9 Å². The number of carbonyl (C=O) groups is 1. The molecule has 0 atom stereocenters. The zero-order valence-electron chi connectivity index (χ0n) is 21.6. The minimum absolute atomic E-state index is 0.179. The number of carbonyl (C=O) groups excluding carboxylic acids is 1. The number of aryl methyl sites for hydroxylation is 6. The number of benzene rings is 1. The Morgan fingerprint density at radius 1 is 1.00 bits per heavy atom. The lowest BCUT2D eigenvalue weighted by Crippen LogP contribution is -2.16. The number of aromatic nitrogens is 5. The lowest BCUT2D eigenvalue weighted by atomic mass is 10.1. The van der Waals surface area contributed by atoms with Crippen LogP contribution in [0.5, 0.6) is 5.75 Å². The summed E-state index contributed by atoms with van der Waals surface area (Å²) in [4.78, 5) is 13.2. The highest BCUT2D eigenvalue weighted by molar-refractivity contribution is 6.04. The quantitative estimate of drug-likeness (QED) is 0.417. The monoisotopic (exact) mass is 476 g/mol. The second-order valence-corrected chi connectivity index (χ2v) is 9.05. The van der Waals surface area contributed by atoms with E-state index in [-0.39, 0.29) is 18.2 Å². The van der Waals surface area contributed by atoms with Crippen LogP contribution in [0.3, 0.4) is 0 Å². The molecule has 1 N–H and O–H groups in total. The zero-order valence-corrected chi connectivity index (χ0v) is 21.6. The summed E-state index contributed by atoms with van der Waals surface area (Å²) in [6.07, 6.45) is 0. The average Bonchev–Trinajstić information content (AvgIpc) is 3.38. The third-order valence-corrected chi connectivity index (χ3v) is 6.49. The maximum absolute atomic E-state index is 13.2. The van der Waals surface area contributed by atoms with E-state index >= 15 is 0 Å².